The molecule has 1 unspecified atom stereocenters. The van der Waals surface area contributed by atoms with E-state index in [1.165, 1.54) is 0 Å². The van der Waals surface area contributed by atoms with Crippen LogP contribution in [0.15, 0.2) is 30.5 Å². The molecule has 20 heavy (non-hydrogen) atoms. The van der Waals surface area contributed by atoms with Crippen molar-refractivity contribution in [2.75, 3.05) is 7.05 Å². The molecule has 1 atom stereocenters. The summed E-state index contributed by atoms with van der Waals surface area (Å²) in [5.74, 6) is 0.161. The number of phenolic OH excluding ortho intramolecular Hbond substituents is 1. The van der Waals surface area contributed by atoms with E-state index in [0.29, 0.717) is 5.56 Å². The first-order chi connectivity index (χ1) is 9.41. The van der Waals surface area contributed by atoms with E-state index in [9.17, 15) is 9.90 Å². The Kier molecular flexibility index (Phi) is 3.79. The molecule has 1 aromatic carbocycles. The maximum atomic E-state index is 12.5. The molecule has 1 heterocycles. The lowest BCUT2D eigenvalue weighted by molar-refractivity contribution is 0.0742. The first-order valence-corrected chi connectivity index (χ1v) is 6.46. The van der Waals surface area contributed by atoms with Gasteiger partial charge < -0.3 is 10.0 Å². The number of nitrogens with zero attached hydrogens (tertiary/aromatic N) is 3. The minimum atomic E-state index is -0.0808. The number of carbonyl (C=O) groups is 1. The summed E-state index contributed by atoms with van der Waals surface area (Å²) in [6.45, 7) is 3.83. The van der Waals surface area contributed by atoms with Crippen LogP contribution in [-0.2, 0) is 7.05 Å². The van der Waals surface area contributed by atoms with E-state index in [4.69, 9.17) is 0 Å². The number of benzene rings is 1. The van der Waals surface area contributed by atoms with Crippen molar-refractivity contribution in [3.63, 3.8) is 0 Å². The van der Waals surface area contributed by atoms with Crippen LogP contribution in [0.1, 0.15) is 34.6 Å². The van der Waals surface area contributed by atoms with Crippen LogP contribution < -0.4 is 0 Å². The third-order valence-corrected chi connectivity index (χ3v) is 3.74. The van der Waals surface area contributed by atoms with E-state index >= 15 is 0 Å². The minimum absolute atomic E-state index is 0.0591. The molecule has 5 heteroatoms. The van der Waals surface area contributed by atoms with Crippen molar-refractivity contribution in [1.29, 1.82) is 0 Å². The Labute approximate surface area is 118 Å². The maximum Gasteiger partial charge on any atom is 0.257 e. The Morgan fingerprint density at radius 2 is 1.95 bits per heavy atom. The van der Waals surface area contributed by atoms with Crippen molar-refractivity contribution < 1.29 is 9.90 Å². The molecule has 5 nitrogen and oxygen atoms in total. The fourth-order valence-electron chi connectivity index (χ4n) is 2.05. The van der Waals surface area contributed by atoms with Crippen LogP contribution in [0.5, 0.6) is 5.75 Å². The molecule has 0 aliphatic rings. The van der Waals surface area contributed by atoms with Gasteiger partial charge in [0, 0.05) is 19.8 Å². The third-order valence-electron chi connectivity index (χ3n) is 3.74. The van der Waals surface area contributed by atoms with E-state index in [-0.39, 0.29) is 17.7 Å². The van der Waals surface area contributed by atoms with Gasteiger partial charge in [0.1, 0.15) is 5.75 Å². The van der Waals surface area contributed by atoms with Crippen molar-refractivity contribution in [2.24, 2.45) is 7.05 Å². The topological polar surface area (TPSA) is 58.4 Å². The van der Waals surface area contributed by atoms with Crippen molar-refractivity contribution in [3.8, 4) is 5.75 Å². The van der Waals surface area contributed by atoms with Gasteiger partial charge in [-0.05, 0) is 31.5 Å². The van der Waals surface area contributed by atoms with Crippen LogP contribution in [0.2, 0.25) is 0 Å². The summed E-state index contributed by atoms with van der Waals surface area (Å²) in [5.41, 5.74) is 2.43. The minimum Gasteiger partial charge on any atom is -0.508 e. The molecule has 0 saturated heterocycles. The fraction of sp³-hybridized carbons (Fsp3) is 0.333. The second kappa shape index (κ2) is 5.36. The van der Waals surface area contributed by atoms with Crippen LogP contribution in [0.4, 0.5) is 0 Å². The Balaban J connectivity index is 2.22. The number of aromatic nitrogens is 2. The monoisotopic (exact) mass is 273 g/mol. The zero-order chi connectivity index (χ0) is 14.9. The quantitative estimate of drug-likeness (QED) is 0.933. The van der Waals surface area contributed by atoms with Crippen LogP contribution in [-0.4, -0.2) is 32.7 Å². The van der Waals surface area contributed by atoms with Crippen LogP contribution in [0, 0.1) is 6.92 Å². The van der Waals surface area contributed by atoms with E-state index in [0.717, 1.165) is 11.3 Å². The lowest BCUT2D eigenvalue weighted by Crippen LogP contribution is -2.30. The van der Waals surface area contributed by atoms with Gasteiger partial charge in [0.2, 0.25) is 0 Å². The van der Waals surface area contributed by atoms with Crippen molar-refractivity contribution in [2.45, 2.75) is 19.9 Å². The molecule has 0 radical (unpaired) electrons. The van der Waals surface area contributed by atoms with E-state index in [1.807, 2.05) is 33.0 Å². The predicted molar refractivity (Wildman–Crippen MR) is 76.6 cm³/mol. The molecule has 0 spiro atoms. The van der Waals surface area contributed by atoms with Crippen molar-refractivity contribution >= 4 is 5.91 Å². The van der Waals surface area contributed by atoms with Crippen LogP contribution >= 0.6 is 0 Å². The molecule has 1 aromatic heterocycles. The summed E-state index contributed by atoms with van der Waals surface area (Å²) >= 11 is 0. The van der Waals surface area contributed by atoms with Gasteiger partial charge in [-0.25, -0.2) is 0 Å². The molecule has 0 aliphatic carbocycles. The summed E-state index contributed by atoms with van der Waals surface area (Å²) in [5, 5.41) is 13.4. The van der Waals surface area contributed by atoms with Gasteiger partial charge in [-0.15, -0.1) is 0 Å². The zero-order valence-corrected chi connectivity index (χ0v) is 12.2. The number of phenols is 1. The molecule has 0 aliphatic heterocycles. The van der Waals surface area contributed by atoms with Crippen molar-refractivity contribution in [1.82, 2.24) is 14.7 Å². The molecule has 1 amide bonds. The van der Waals surface area contributed by atoms with Crippen molar-refractivity contribution in [3.05, 3.63) is 47.3 Å². The number of aromatic hydroxyl groups is 1. The van der Waals surface area contributed by atoms with Gasteiger partial charge >= 0.3 is 0 Å². The highest BCUT2D eigenvalue weighted by Crippen LogP contribution is 2.23. The lowest BCUT2D eigenvalue weighted by Gasteiger charge is -2.25. The highest BCUT2D eigenvalue weighted by Gasteiger charge is 2.22. The summed E-state index contributed by atoms with van der Waals surface area (Å²) in [7, 11) is 3.59. The van der Waals surface area contributed by atoms with Gasteiger partial charge in [0.15, 0.2) is 0 Å². The highest BCUT2D eigenvalue weighted by atomic mass is 16.3. The number of hydrogen-bond donors (Lipinski definition) is 1. The average Bonchev–Trinajstić information content (AvgIpc) is 2.77. The van der Waals surface area contributed by atoms with E-state index in [2.05, 4.69) is 5.10 Å². The Morgan fingerprint density at radius 1 is 1.35 bits per heavy atom. The first-order valence-electron chi connectivity index (χ1n) is 6.46. The molecule has 0 bridgehead atoms. The summed E-state index contributed by atoms with van der Waals surface area (Å²) in [4.78, 5) is 14.2. The summed E-state index contributed by atoms with van der Waals surface area (Å²) < 4.78 is 1.69. The Hall–Kier alpha value is -2.30. The molecule has 1 N–H and O–H groups in total. The van der Waals surface area contributed by atoms with Gasteiger partial charge in [-0.2, -0.15) is 5.10 Å². The Morgan fingerprint density at radius 3 is 2.45 bits per heavy atom. The molecular formula is C15H19N3O2. The molecule has 106 valence electrons. The first kappa shape index (κ1) is 14.1. The van der Waals surface area contributed by atoms with E-state index < -0.39 is 0 Å². The number of carbonyl (C=O) groups excluding carboxylic acids is 1. The van der Waals surface area contributed by atoms with Crippen LogP contribution in [0.3, 0.4) is 0 Å². The normalized spacial score (nSPS) is 12.2. The summed E-state index contributed by atoms with van der Waals surface area (Å²) in [6, 6.07) is 6.81. The van der Waals surface area contributed by atoms with Gasteiger partial charge in [0.25, 0.3) is 5.91 Å². The number of aryl methyl sites for hydroxylation is 1. The zero-order valence-electron chi connectivity index (χ0n) is 12.2. The smallest absolute Gasteiger partial charge is 0.257 e. The SMILES string of the molecule is Cc1c(C(=O)N(C)C(C)c2ccc(O)cc2)cnn1C. The van der Waals surface area contributed by atoms with Crippen LogP contribution in [0.25, 0.3) is 0 Å². The van der Waals surface area contributed by atoms with E-state index in [1.54, 1.807) is 35.0 Å². The lowest BCUT2D eigenvalue weighted by atomic mass is 10.1. The van der Waals surface area contributed by atoms with Gasteiger partial charge in [-0.3, -0.25) is 9.48 Å². The number of rotatable bonds is 3. The molecule has 0 fully saturated rings. The molecular weight excluding hydrogens is 254 g/mol. The largest absolute Gasteiger partial charge is 0.508 e. The standard InChI is InChI=1S/C15H19N3O2/c1-10(12-5-7-13(19)8-6-12)17(3)15(20)14-9-16-18(4)11(14)2/h5-10,19H,1-4H3. The highest BCUT2D eigenvalue weighted by molar-refractivity contribution is 5.95. The second-order valence-electron chi connectivity index (χ2n) is 4.95. The Bertz CT molecular complexity index is 617. The van der Waals surface area contributed by atoms with Gasteiger partial charge in [-0.1, -0.05) is 12.1 Å². The van der Waals surface area contributed by atoms with Gasteiger partial charge in [0.05, 0.1) is 17.8 Å². The summed E-state index contributed by atoms with van der Waals surface area (Å²) in [6.07, 6.45) is 1.59. The third kappa shape index (κ3) is 2.52. The number of hydrogen-bond acceptors (Lipinski definition) is 3. The maximum absolute atomic E-state index is 12.5. The fourth-order valence-corrected chi connectivity index (χ4v) is 2.05. The second-order valence-corrected chi connectivity index (χ2v) is 4.95. The molecule has 2 rings (SSSR count). The average molecular weight is 273 g/mol. The number of amides is 1. The molecule has 2 aromatic rings. The molecule has 0 saturated carbocycles. The predicted octanol–water partition coefficient (Wildman–Crippen LogP) is 2.27.